The normalized spacial score (nSPS) is 18.2. The summed E-state index contributed by atoms with van der Waals surface area (Å²) in [5.74, 6) is 0. The number of hydrogen-bond donors (Lipinski definition) is 0. The van der Waals surface area contributed by atoms with Gasteiger partial charge in [-0.15, -0.1) is 0 Å². The lowest BCUT2D eigenvalue weighted by Crippen LogP contribution is -2.28. The zero-order valence-corrected chi connectivity index (χ0v) is 11.7. The molecule has 1 aromatic carbocycles. The largest absolute Gasteiger partial charge is 0.351 e. The number of halogens is 1. The first-order valence-electron chi connectivity index (χ1n) is 6.22. The maximum Gasteiger partial charge on any atom is 0.110 e. The first-order chi connectivity index (χ1) is 8.83. The molecule has 3 heteroatoms. The van der Waals surface area contributed by atoms with Crippen molar-refractivity contribution in [2.24, 2.45) is 4.99 Å². The quantitative estimate of drug-likeness (QED) is 0.809. The second kappa shape index (κ2) is 5.11. The van der Waals surface area contributed by atoms with E-state index in [1.165, 1.54) is 16.8 Å². The Morgan fingerprint density at radius 3 is 3.17 bits per heavy atom. The Morgan fingerprint density at radius 2 is 2.28 bits per heavy atom. The summed E-state index contributed by atoms with van der Waals surface area (Å²) in [5.41, 5.74) is 4.04. The number of aliphatic imine (C=N–C) groups is 1. The van der Waals surface area contributed by atoms with Crippen LogP contribution >= 0.6 is 15.9 Å². The summed E-state index contributed by atoms with van der Waals surface area (Å²) in [4.78, 5) is 6.82. The predicted molar refractivity (Wildman–Crippen MR) is 78.4 cm³/mol. The van der Waals surface area contributed by atoms with Gasteiger partial charge in [-0.2, -0.15) is 0 Å². The molecule has 0 aromatic heterocycles. The van der Waals surface area contributed by atoms with Crippen LogP contribution in [0.2, 0.25) is 0 Å². The lowest BCUT2D eigenvalue weighted by atomic mass is 10.0. The van der Waals surface area contributed by atoms with Crippen molar-refractivity contribution in [3.8, 4) is 0 Å². The van der Waals surface area contributed by atoms with Crippen molar-refractivity contribution >= 4 is 22.1 Å². The summed E-state index contributed by atoms with van der Waals surface area (Å²) in [5, 5.41) is 0. The molecule has 0 radical (unpaired) electrons. The second-order valence-electron chi connectivity index (χ2n) is 4.62. The Kier molecular flexibility index (Phi) is 3.33. The van der Waals surface area contributed by atoms with E-state index < -0.39 is 0 Å². The molecule has 1 aliphatic carbocycles. The van der Waals surface area contributed by atoms with E-state index in [-0.39, 0.29) is 0 Å². The SMILES string of the molecule is Brc1cccc(CN2CN=CC3=C2CCC=C3)c1. The highest BCUT2D eigenvalue weighted by Crippen LogP contribution is 2.26. The lowest BCUT2D eigenvalue weighted by Gasteiger charge is -2.31. The molecule has 1 aromatic rings. The average Bonchev–Trinajstić information content (AvgIpc) is 2.39. The fraction of sp³-hybridized carbons (Fsp3) is 0.267. The van der Waals surface area contributed by atoms with E-state index in [9.17, 15) is 0 Å². The Morgan fingerprint density at radius 1 is 1.33 bits per heavy atom. The van der Waals surface area contributed by atoms with Gasteiger partial charge < -0.3 is 4.90 Å². The summed E-state index contributed by atoms with van der Waals surface area (Å²) in [6.07, 6.45) is 8.69. The molecule has 0 N–H and O–H groups in total. The summed E-state index contributed by atoms with van der Waals surface area (Å²) in [6, 6.07) is 8.49. The van der Waals surface area contributed by atoms with Crippen LogP contribution in [0.4, 0.5) is 0 Å². The first kappa shape index (κ1) is 11.7. The standard InChI is InChI=1S/C15H15BrN2/c16-14-6-3-4-12(8-14)10-18-11-17-9-13-5-1-2-7-15(13)18/h1,3-6,8-9H,2,7,10-11H2. The number of allylic oxidation sites excluding steroid dienone is 4. The molecule has 0 unspecified atom stereocenters. The molecule has 0 bridgehead atoms. The maximum atomic E-state index is 4.44. The second-order valence-corrected chi connectivity index (χ2v) is 5.54. The summed E-state index contributed by atoms with van der Waals surface area (Å²) in [6.45, 7) is 1.71. The lowest BCUT2D eigenvalue weighted by molar-refractivity contribution is 0.329. The minimum absolute atomic E-state index is 0.777. The minimum Gasteiger partial charge on any atom is -0.351 e. The highest BCUT2D eigenvalue weighted by molar-refractivity contribution is 9.10. The monoisotopic (exact) mass is 302 g/mol. The van der Waals surface area contributed by atoms with E-state index in [1.807, 2.05) is 6.21 Å². The summed E-state index contributed by atoms with van der Waals surface area (Å²) >= 11 is 3.52. The Labute approximate surface area is 116 Å². The van der Waals surface area contributed by atoms with Crippen LogP contribution in [0.3, 0.4) is 0 Å². The van der Waals surface area contributed by atoms with Gasteiger partial charge in [-0.05, 0) is 30.5 Å². The molecular weight excluding hydrogens is 288 g/mol. The summed E-state index contributed by atoms with van der Waals surface area (Å²) in [7, 11) is 0. The van der Waals surface area contributed by atoms with Crippen molar-refractivity contribution in [2.45, 2.75) is 19.4 Å². The molecule has 2 aliphatic rings. The van der Waals surface area contributed by atoms with Crippen LogP contribution in [0.5, 0.6) is 0 Å². The van der Waals surface area contributed by atoms with Crippen LogP contribution in [-0.2, 0) is 6.54 Å². The molecule has 92 valence electrons. The van der Waals surface area contributed by atoms with Gasteiger partial charge in [0, 0.05) is 28.5 Å². The molecule has 3 rings (SSSR count). The van der Waals surface area contributed by atoms with Gasteiger partial charge in [0.15, 0.2) is 0 Å². The molecule has 0 fully saturated rings. The molecule has 0 saturated heterocycles. The Hall–Kier alpha value is -1.35. The van der Waals surface area contributed by atoms with Crippen LogP contribution in [0, 0.1) is 0 Å². The van der Waals surface area contributed by atoms with Gasteiger partial charge in [-0.1, -0.05) is 40.2 Å². The number of rotatable bonds is 2. The first-order valence-corrected chi connectivity index (χ1v) is 7.01. The molecular formula is C15H15BrN2. The van der Waals surface area contributed by atoms with Gasteiger partial charge in [0.25, 0.3) is 0 Å². The van der Waals surface area contributed by atoms with E-state index in [1.54, 1.807) is 0 Å². The fourth-order valence-corrected chi connectivity index (χ4v) is 2.90. The Bertz CT molecular complexity index is 539. The van der Waals surface area contributed by atoms with Crippen molar-refractivity contribution in [1.82, 2.24) is 4.90 Å². The van der Waals surface area contributed by atoms with E-state index in [0.717, 1.165) is 30.5 Å². The van der Waals surface area contributed by atoms with Crippen LogP contribution in [-0.4, -0.2) is 17.8 Å². The van der Waals surface area contributed by atoms with Gasteiger partial charge in [-0.25, -0.2) is 0 Å². The van der Waals surface area contributed by atoms with Crippen molar-refractivity contribution in [1.29, 1.82) is 0 Å². The molecule has 0 spiro atoms. The van der Waals surface area contributed by atoms with Crippen LogP contribution < -0.4 is 0 Å². The molecule has 0 saturated carbocycles. The highest BCUT2D eigenvalue weighted by Gasteiger charge is 2.17. The van der Waals surface area contributed by atoms with Gasteiger partial charge in [0.2, 0.25) is 0 Å². The van der Waals surface area contributed by atoms with Crippen molar-refractivity contribution in [2.75, 3.05) is 6.67 Å². The molecule has 2 nitrogen and oxygen atoms in total. The highest BCUT2D eigenvalue weighted by atomic mass is 79.9. The van der Waals surface area contributed by atoms with E-state index >= 15 is 0 Å². The minimum atomic E-state index is 0.777. The third-order valence-electron chi connectivity index (χ3n) is 3.31. The van der Waals surface area contributed by atoms with Crippen molar-refractivity contribution in [3.05, 3.63) is 57.7 Å². The molecule has 1 aliphatic heterocycles. The third-order valence-corrected chi connectivity index (χ3v) is 3.80. The molecule has 0 amide bonds. The molecule has 18 heavy (non-hydrogen) atoms. The number of benzene rings is 1. The van der Waals surface area contributed by atoms with Gasteiger partial charge in [-0.3, -0.25) is 4.99 Å². The molecule has 0 atom stereocenters. The fourth-order valence-electron chi connectivity index (χ4n) is 2.45. The Balaban J connectivity index is 1.83. The number of hydrogen-bond acceptors (Lipinski definition) is 2. The smallest absolute Gasteiger partial charge is 0.110 e. The van der Waals surface area contributed by atoms with Gasteiger partial charge in [0.05, 0.1) is 0 Å². The predicted octanol–water partition coefficient (Wildman–Crippen LogP) is 3.90. The van der Waals surface area contributed by atoms with Gasteiger partial charge in [0.1, 0.15) is 6.67 Å². The van der Waals surface area contributed by atoms with Crippen LogP contribution in [0.25, 0.3) is 0 Å². The van der Waals surface area contributed by atoms with Crippen LogP contribution in [0.1, 0.15) is 18.4 Å². The van der Waals surface area contributed by atoms with Crippen molar-refractivity contribution in [3.63, 3.8) is 0 Å². The topological polar surface area (TPSA) is 15.6 Å². The van der Waals surface area contributed by atoms with Crippen molar-refractivity contribution < 1.29 is 0 Å². The molecule has 1 heterocycles. The summed E-state index contributed by atoms with van der Waals surface area (Å²) < 4.78 is 1.14. The van der Waals surface area contributed by atoms with E-state index in [2.05, 4.69) is 62.2 Å². The number of nitrogens with zero attached hydrogens (tertiary/aromatic N) is 2. The maximum absolute atomic E-state index is 4.44. The van der Waals surface area contributed by atoms with Crippen LogP contribution in [0.15, 0.2) is 57.2 Å². The third kappa shape index (κ3) is 2.41. The van der Waals surface area contributed by atoms with Gasteiger partial charge >= 0.3 is 0 Å². The average molecular weight is 303 g/mol. The van der Waals surface area contributed by atoms with E-state index in [4.69, 9.17) is 0 Å². The zero-order valence-electron chi connectivity index (χ0n) is 10.1. The van der Waals surface area contributed by atoms with E-state index in [0.29, 0.717) is 0 Å². The zero-order chi connectivity index (χ0) is 12.4.